The van der Waals surface area contributed by atoms with E-state index in [4.69, 9.17) is 4.42 Å². The monoisotopic (exact) mass is 322 g/mol. The highest BCUT2D eigenvalue weighted by molar-refractivity contribution is 8.00. The molecule has 2 saturated heterocycles. The highest BCUT2D eigenvalue weighted by atomic mass is 32.2. The molecule has 0 spiro atoms. The number of fused-ring (bicyclic) bond motifs is 5. The van der Waals surface area contributed by atoms with E-state index in [1.165, 1.54) is 12.8 Å². The average molecular weight is 322 g/mol. The summed E-state index contributed by atoms with van der Waals surface area (Å²) >= 11 is 2.11. The van der Waals surface area contributed by atoms with Crippen LogP contribution in [0, 0.1) is 5.92 Å². The maximum absolute atomic E-state index is 13.0. The van der Waals surface area contributed by atoms with E-state index >= 15 is 0 Å². The molecule has 5 rings (SSSR count). The fourth-order valence-electron chi connectivity index (χ4n) is 4.19. The minimum absolute atomic E-state index is 0.212. The summed E-state index contributed by atoms with van der Waals surface area (Å²) in [6.45, 7) is 0. The molecule has 0 amide bonds. The molecule has 2 nitrogen and oxygen atoms in total. The van der Waals surface area contributed by atoms with Crippen molar-refractivity contribution < 1.29 is 9.21 Å². The van der Waals surface area contributed by atoms with Crippen LogP contribution in [0.2, 0.25) is 0 Å². The number of Topliss-reactive ketones (excluding diaryl/α,β-unsaturated/α-hetero) is 1. The maximum Gasteiger partial charge on any atom is 0.166 e. The summed E-state index contributed by atoms with van der Waals surface area (Å²) in [5.74, 6) is 0.541. The predicted octanol–water partition coefficient (Wildman–Crippen LogP) is 5.44. The summed E-state index contributed by atoms with van der Waals surface area (Å²) in [5, 5.41) is 3.57. The van der Waals surface area contributed by atoms with Crippen molar-refractivity contribution >= 4 is 39.5 Å². The molecule has 3 aromatic rings. The van der Waals surface area contributed by atoms with Crippen LogP contribution in [0.1, 0.15) is 36.0 Å². The molecule has 0 saturated carbocycles. The molecule has 23 heavy (non-hydrogen) atoms. The van der Waals surface area contributed by atoms with Crippen molar-refractivity contribution in [2.45, 2.75) is 36.2 Å². The molecule has 3 heteroatoms. The zero-order chi connectivity index (χ0) is 15.4. The van der Waals surface area contributed by atoms with Crippen molar-refractivity contribution in [1.29, 1.82) is 0 Å². The van der Waals surface area contributed by atoms with Gasteiger partial charge in [-0.1, -0.05) is 18.2 Å². The minimum atomic E-state index is 0.212. The summed E-state index contributed by atoms with van der Waals surface area (Å²) < 4.78 is 5.86. The van der Waals surface area contributed by atoms with Crippen molar-refractivity contribution in [2.24, 2.45) is 5.92 Å². The number of para-hydroxylation sites is 1. The van der Waals surface area contributed by atoms with Crippen LogP contribution in [-0.4, -0.2) is 16.3 Å². The Morgan fingerprint density at radius 1 is 0.957 bits per heavy atom. The quantitative estimate of drug-likeness (QED) is 0.588. The van der Waals surface area contributed by atoms with Crippen LogP contribution in [-0.2, 0) is 0 Å². The van der Waals surface area contributed by atoms with Crippen molar-refractivity contribution in [3.63, 3.8) is 0 Å². The molecule has 2 aliphatic rings. The van der Waals surface area contributed by atoms with Crippen LogP contribution >= 0.6 is 11.8 Å². The second-order valence-electron chi connectivity index (χ2n) is 6.80. The van der Waals surface area contributed by atoms with E-state index in [0.717, 1.165) is 40.3 Å². The van der Waals surface area contributed by atoms with Crippen molar-refractivity contribution in [1.82, 2.24) is 0 Å². The number of furan rings is 1. The number of hydrogen-bond acceptors (Lipinski definition) is 3. The van der Waals surface area contributed by atoms with E-state index in [-0.39, 0.29) is 5.92 Å². The summed E-state index contributed by atoms with van der Waals surface area (Å²) in [6.07, 6.45) is 4.71. The highest BCUT2D eigenvalue weighted by Crippen LogP contribution is 2.46. The second-order valence-corrected chi connectivity index (χ2v) is 8.40. The van der Waals surface area contributed by atoms with Crippen LogP contribution in [0.3, 0.4) is 0 Å². The van der Waals surface area contributed by atoms with Gasteiger partial charge in [-0.3, -0.25) is 4.79 Å². The topological polar surface area (TPSA) is 30.2 Å². The Hall–Kier alpha value is -1.74. The normalized spacial score (nSPS) is 26.9. The minimum Gasteiger partial charge on any atom is -0.456 e. The lowest BCUT2D eigenvalue weighted by molar-refractivity contribution is 0.0907. The number of carbonyl (C=O) groups excluding carboxylic acids is 1. The van der Waals surface area contributed by atoms with Gasteiger partial charge in [-0.05, 0) is 49.9 Å². The summed E-state index contributed by atoms with van der Waals surface area (Å²) in [6, 6.07) is 14.0. The van der Waals surface area contributed by atoms with E-state index in [1.807, 2.05) is 36.4 Å². The van der Waals surface area contributed by atoms with Crippen LogP contribution in [0.4, 0.5) is 0 Å². The molecule has 2 aromatic carbocycles. The van der Waals surface area contributed by atoms with Crippen LogP contribution < -0.4 is 0 Å². The molecule has 0 aliphatic carbocycles. The standard InChI is InChI=1S/C20H18O2S/c21-20(13-9-14-6-7-15(10-13)23-14)12-5-8-19-17(11-12)16-3-1-2-4-18(16)22-19/h1-5,8,11,13-15H,6-7,9-10H2. The number of thioether (sulfide) groups is 1. The Kier molecular flexibility index (Phi) is 3.05. The molecule has 0 radical (unpaired) electrons. The Balaban J connectivity index is 1.54. The SMILES string of the molecule is O=C(c1ccc2oc3ccccc3c2c1)C1CC2CCC(C1)S2. The zero-order valence-corrected chi connectivity index (χ0v) is 13.6. The molecular formula is C20H18O2S. The third-order valence-corrected chi connectivity index (χ3v) is 6.95. The number of hydrogen-bond donors (Lipinski definition) is 0. The molecule has 2 atom stereocenters. The first-order chi connectivity index (χ1) is 11.3. The van der Waals surface area contributed by atoms with Gasteiger partial charge in [-0.15, -0.1) is 0 Å². The molecule has 3 heterocycles. The van der Waals surface area contributed by atoms with Gasteiger partial charge >= 0.3 is 0 Å². The van der Waals surface area contributed by atoms with E-state index in [2.05, 4.69) is 17.8 Å². The Morgan fingerprint density at radius 2 is 1.70 bits per heavy atom. The molecule has 116 valence electrons. The first kappa shape index (κ1) is 13.7. The third-order valence-electron chi connectivity index (χ3n) is 5.32. The van der Waals surface area contributed by atoms with E-state index in [1.54, 1.807) is 0 Å². The predicted molar refractivity (Wildman–Crippen MR) is 95.2 cm³/mol. The van der Waals surface area contributed by atoms with Gasteiger partial charge in [0.15, 0.2) is 5.78 Å². The fourth-order valence-corrected chi connectivity index (χ4v) is 5.96. The third kappa shape index (κ3) is 2.21. The second kappa shape index (κ2) is 5.13. The van der Waals surface area contributed by atoms with Gasteiger partial charge in [0, 0.05) is 32.8 Å². The number of ketones is 1. The van der Waals surface area contributed by atoms with Gasteiger partial charge in [0.2, 0.25) is 0 Å². The first-order valence-electron chi connectivity index (χ1n) is 8.39. The summed E-state index contributed by atoms with van der Waals surface area (Å²) in [7, 11) is 0. The Bertz CT molecular complexity index is 898. The van der Waals surface area contributed by atoms with Crippen LogP contribution in [0.25, 0.3) is 21.9 Å². The van der Waals surface area contributed by atoms with E-state index in [0.29, 0.717) is 16.3 Å². The average Bonchev–Trinajstić information content (AvgIpc) is 3.13. The van der Waals surface area contributed by atoms with Crippen LogP contribution in [0.5, 0.6) is 0 Å². The number of benzene rings is 2. The smallest absolute Gasteiger partial charge is 0.166 e. The van der Waals surface area contributed by atoms with Gasteiger partial charge in [-0.25, -0.2) is 0 Å². The molecule has 2 aliphatic heterocycles. The molecule has 1 aromatic heterocycles. The van der Waals surface area contributed by atoms with Gasteiger partial charge < -0.3 is 4.42 Å². The molecule has 2 fully saturated rings. The molecular weight excluding hydrogens is 304 g/mol. The zero-order valence-electron chi connectivity index (χ0n) is 12.8. The Labute approximate surface area is 139 Å². The molecule has 0 N–H and O–H groups in total. The first-order valence-corrected chi connectivity index (χ1v) is 9.33. The van der Waals surface area contributed by atoms with Gasteiger partial charge in [-0.2, -0.15) is 11.8 Å². The maximum atomic E-state index is 13.0. The van der Waals surface area contributed by atoms with Crippen molar-refractivity contribution in [3.05, 3.63) is 48.0 Å². The lowest BCUT2D eigenvalue weighted by Crippen LogP contribution is -2.24. The van der Waals surface area contributed by atoms with Gasteiger partial charge in [0.25, 0.3) is 0 Å². The van der Waals surface area contributed by atoms with Crippen molar-refractivity contribution in [3.8, 4) is 0 Å². The summed E-state index contributed by atoms with van der Waals surface area (Å²) in [5.41, 5.74) is 2.60. The molecule has 2 unspecified atom stereocenters. The van der Waals surface area contributed by atoms with Crippen molar-refractivity contribution in [2.75, 3.05) is 0 Å². The summed E-state index contributed by atoms with van der Waals surface area (Å²) in [4.78, 5) is 13.0. The Morgan fingerprint density at radius 3 is 2.52 bits per heavy atom. The lowest BCUT2D eigenvalue weighted by Gasteiger charge is -2.26. The number of carbonyl (C=O) groups is 1. The van der Waals surface area contributed by atoms with E-state index in [9.17, 15) is 4.79 Å². The number of rotatable bonds is 2. The highest BCUT2D eigenvalue weighted by Gasteiger charge is 2.37. The van der Waals surface area contributed by atoms with Gasteiger partial charge in [0.1, 0.15) is 11.2 Å². The van der Waals surface area contributed by atoms with Gasteiger partial charge in [0.05, 0.1) is 0 Å². The van der Waals surface area contributed by atoms with Crippen LogP contribution in [0.15, 0.2) is 46.9 Å². The van der Waals surface area contributed by atoms with E-state index < -0.39 is 0 Å². The largest absolute Gasteiger partial charge is 0.456 e. The molecule has 2 bridgehead atoms. The fraction of sp³-hybridized carbons (Fsp3) is 0.350. The lowest BCUT2D eigenvalue weighted by atomic mass is 9.90.